The second-order valence-electron chi connectivity index (χ2n) is 11.1. The number of morpholine rings is 1. The summed E-state index contributed by atoms with van der Waals surface area (Å²) in [7, 11) is 0. The zero-order chi connectivity index (χ0) is 26.6. The summed E-state index contributed by atoms with van der Waals surface area (Å²) >= 11 is 0. The Kier molecular flexibility index (Phi) is 6.01. The van der Waals surface area contributed by atoms with Gasteiger partial charge in [0, 0.05) is 24.8 Å². The van der Waals surface area contributed by atoms with Crippen LogP contribution in [0.15, 0.2) is 42.6 Å². The maximum atomic E-state index is 16.4. The van der Waals surface area contributed by atoms with E-state index in [0.717, 1.165) is 36.7 Å². The quantitative estimate of drug-likeness (QED) is 0.390. The number of rotatable bonds is 5. The Hall–Kier alpha value is -3.56. The van der Waals surface area contributed by atoms with Crippen LogP contribution in [0.25, 0.3) is 32.9 Å². The molecule has 202 valence electrons. The van der Waals surface area contributed by atoms with Crippen molar-refractivity contribution in [2.75, 3.05) is 44.3 Å². The third-order valence-electron chi connectivity index (χ3n) is 8.57. The summed E-state index contributed by atoms with van der Waals surface area (Å²) in [6.45, 7) is 6.53. The summed E-state index contributed by atoms with van der Waals surface area (Å²) < 4.78 is 28.5. The smallest absolute Gasteiger partial charge is 0.319 e. The topological polar surface area (TPSA) is 83.8 Å². The summed E-state index contributed by atoms with van der Waals surface area (Å²) in [6.07, 6.45) is 6.19. The molecule has 2 aromatic carbocycles. The molecule has 39 heavy (non-hydrogen) atoms. The molecule has 9 heteroatoms. The van der Waals surface area contributed by atoms with Crippen LogP contribution in [0.2, 0.25) is 0 Å². The SMILES string of the molecule is CC1CN(c2nc(OCC34CCCN3CCC4)nc3c(F)c(-c4cc(O)cc5ccccc45)ncc23)CCO1. The molecule has 7 rings (SSSR count). The van der Waals surface area contributed by atoms with Gasteiger partial charge >= 0.3 is 6.01 Å². The highest BCUT2D eigenvalue weighted by molar-refractivity contribution is 5.99. The number of ether oxygens (including phenoxy) is 2. The molecule has 0 aliphatic carbocycles. The van der Waals surface area contributed by atoms with Gasteiger partial charge in [0.15, 0.2) is 5.82 Å². The number of nitrogens with zero attached hydrogens (tertiary/aromatic N) is 5. The van der Waals surface area contributed by atoms with Crippen LogP contribution in [0.5, 0.6) is 11.8 Å². The Labute approximate surface area is 226 Å². The van der Waals surface area contributed by atoms with Gasteiger partial charge in [-0.3, -0.25) is 9.88 Å². The first kappa shape index (κ1) is 24.5. The van der Waals surface area contributed by atoms with Crippen molar-refractivity contribution in [2.45, 2.75) is 44.2 Å². The Morgan fingerprint density at radius 1 is 1.10 bits per heavy atom. The molecule has 0 radical (unpaired) electrons. The summed E-state index contributed by atoms with van der Waals surface area (Å²) in [6, 6.07) is 11.0. The number of hydrogen-bond donors (Lipinski definition) is 1. The van der Waals surface area contributed by atoms with Crippen molar-refractivity contribution in [3.8, 4) is 23.0 Å². The molecule has 8 nitrogen and oxygen atoms in total. The van der Waals surface area contributed by atoms with E-state index in [1.165, 1.54) is 12.8 Å². The lowest BCUT2D eigenvalue weighted by Gasteiger charge is -2.33. The third-order valence-corrected chi connectivity index (χ3v) is 8.57. The van der Waals surface area contributed by atoms with Gasteiger partial charge in [-0.2, -0.15) is 9.97 Å². The van der Waals surface area contributed by atoms with Crippen LogP contribution >= 0.6 is 0 Å². The molecule has 5 heterocycles. The molecule has 3 aliphatic heterocycles. The average molecular weight is 530 g/mol. The zero-order valence-corrected chi connectivity index (χ0v) is 22.1. The van der Waals surface area contributed by atoms with Gasteiger partial charge in [0.05, 0.1) is 23.6 Å². The minimum atomic E-state index is -0.556. The van der Waals surface area contributed by atoms with Crippen LogP contribution in [0.1, 0.15) is 32.6 Å². The Balaban J connectivity index is 1.35. The number of hydrogen-bond acceptors (Lipinski definition) is 8. The molecule has 2 aromatic heterocycles. The molecule has 1 unspecified atom stereocenters. The summed E-state index contributed by atoms with van der Waals surface area (Å²) in [5.41, 5.74) is 0.837. The summed E-state index contributed by atoms with van der Waals surface area (Å²) in [4.78, 5) is 18.6. The molecule has 3 fully saturated rings. The molecule has 4 aromatic rings. The second kappa shape index (κ2) is 9.57. The van der Waals surface area contributed by atoms with Gasteiger partial charge in [-0.15, -0.1) is 0 Å². The second-order valence-corrected chi connectivity index (χ2v) is 11.1. The molecule has 0 spiro atoms. The van der Waals surface area contributed by atoms with Crippen LogP contribution in [0, 0.1) is 5.82 Å². The van der Waals surface area contributed by atoms with Crippen molar-refractivity contribution in [1.82, 2.24) is 19.9 Å². The van der Waals surface area contributed by atoms with E-state index in [4.69, 9.17) is 14.5 Å². The molecule has 0 saturated carbocycles. The number of fused-ring (bicyclic) bond motifs is 3. The predicted molar refractivity (Wildman–Crippen MR) is 148 cm³/mol. The number of phenolic OH excluding ortho intramolecular Hbond substituents is 1. The minimum absolute atomic E-state index is 0.0216. The van der Waals surface area contributed by atoms with Crippen LogP contribution in [0.3, 0.4) is 0 Å². The van der Waals surface area contributed by atoms with Gasteiger partial charge < -0.3 is 19.5 Å². The lowest BCUT2D eigenvalue weighted by Crippen LogP contribution is -2.44. The van der Waals surface area contributed by atoms with Crippen LogP contribution < -0.4 is 9.64 Å². The minimum Gasteiger partial charge on any atom is -0.508 e. The molecule has 3 saturated heterocycles. The molecule has 3 aliphatic rings. The number of benzene rings is 2. The van der Waals surface area contributed by atoms with Gasteiger partial charge in [-0.1, -0.05) is 24.3 Å². The van der Waals surface area contributed by atoms with Crippen molar-refractivity contribution in [1.29, 1.82) is 0 Å². The van der Waals surface area contributed by atoms with E-state index in [0.29, 0.717) is 43.1 Å². The van der Waals surface area contributed by atoms with Gasteiger partial charge in [-0.05, 0) is 68.6 Å². The normalized spacial score (nSPS) is 21.1. The van der Waals surface area contributed by atoms with E-state index in [9.17, 15) is 5.11 Å². The Morgan fingerprint density at radius 3 is 2.74 bits per heavy atom. The average Bonchev–Trinajstić information content (AvgIpc) is 3.52. The summed E-state index contributed by atoms with van der Waals surface area (Å²) in [5.74, 6) is 0.104. The maximum Gasteiger partial charge on any atom is 0.319 e. The predicted octanol–water partition coefficient (Wildman–Crippen LogP) is 4.92. The van der Waals surface area contributed by atoms with Crippen molar-refractivity contribution in [2.24, 2.45) is 0 Å². The number of anilines is 1. The fourth-order valence-electron chi connectivity index (χ4n) is 6.68. The maximum absolute atomic E-state index is 16.4. The van der Waals surface area contributed by atoms with E-state index in [2.05, 4.69) is 19.8 Å². The van der Waals surface area contributed by atoms with Crippen LogP contribution in [-0.2, 0) is 4.74 Å². The summed E-state index contributed by atoms with van der Waals surface area (Å²) in [5, 5.41) is 12.5. The Morgan fingerprint density at radius 2 is 1.92 bits per heavy atom. The van der Waals surface area contributed by atoms with Gasteiger partial charge in [0.25, 0.3) is 0 Å². The third kappa shape index (κ3) is 4.24. The van der Waals surface area contributed by atoms with E-state index >= 15 is 4.39 Å². The Bertz CT molecular complexity index is 1550. The van der Waals surface area contributed by atoms with Crippen LogP contribution in [-0.4, -0.2) is 76.0 Å². The lowest BCUT2D eigenvalue weighted by atomic mass is 9.95. The molecule has 0 amide bonds. The van der Waals surface area contributed by atoms with Crippen molar-refractivity contribution in [3.05, 3.63) is 48.4 Å². The fraction of sp³-hybridized carbons (Fsp3) is 0.433. The zero-order valence-electron chi connectivity index (χ0n) is 22.1. The largest absolute Gasteiger partial charge is 0.508 e. The number of aromatic nitrogens is 3. The molecule has 1 N–H and O–H groups in total. The molecule has 0 bridgehead atoms. The molecule has 1 atom stereocenters. The van der Waals surface area contributed by atoms with E-state index in [-0.39, 0.29) is 34.6 Å². The molecular weight excluding hydrogens is 497 g/mol. The van der Waals surface area contributed by atoms with Crippen molar-refractivity contribution < 1.29 is 19.0 Å². The highest BCUT2D eigenvalue weighted by Gasteiger charge is 2.45. The van der Waals surface area contributed by atoms with Gasteiger partial charge in [-0.25, -0.2) is 4.39 Å². The van der Waals surface area contributed by atoms with Gasteiger partial charge in [0.2, 0.25) is 0 Å². The molecular formula is C30H32FN5O3. The standard InChI is InChI=1S/C30H32FN5O3/c1-19-17-35(12-13-38-19)28-24-16-32-26(23-15-21(37)14-20-6-2-3-7-22(20)23)25(31)27(24)33-29(34-28)39-18-30-8-4-10-36(30)11-5-9-30/h2-3,6-7,14-16,19,37H,4-5,8-13,17-18H2,1H3. The van der Waals surface area contributed by atoms with Crippen molar-refractivity contribution in [3.63, 3.8) is 0 Å². The number of phenols is 1. The van der Waals surface area contributed by atoms with Crippen LogP contribution in [0.4, 0.5) is 10.2 Å². The number of aromatic hydroxyl groups is 1. The number of pyridine rings is 1. The number of halogens is 1. The first-order valence-corrected chi connectivity index (χ1v) is 13.8. The first-order valence-electron chi connectivity index (χ1n) is 13.8. The van der Waals surface area contributed by atoms with Crippen molar-refractivity contribution >= 4 is 27.5 Å². The van der Waals surface area contributed by atoms with E-state index in [1.54, 1.807) is 18.3 Å². The monoisotopic (exact) mass is 529 g/mol. The lowest BCUT2D eigenvalue weighted by molar-refractivity contribution is 0.0529. The first-order chi connectivity index (χ1) is 19.0. The fourth-order valence-corrected chi connectivity index (χ4v) is 6.68. The highest BCUT2D eigenvalue weighted by Crippen LogP contribution is 2.40. The van der Waals surface area contributed by atoms with E-state index < -0.39 is 5.82 Å². The highest BCUT2D eigenvalue weighted by atomic mass is 19.1. The van der Waals surface area contributed by atoms with Gasteiger partial charge in [0.1, 0.15) is 29.4 Å². The van der Waals surface area contributed by atoms with E-state index in [1.807, 2.05) is 31.2 Å².